The van der Waals surface area contributed by atoms with E-state index in [-0.39, 0.29) is 0 Å². The Balaban J connectivity index is 1.91. The normalized spacial score (nSPS) is 31.6. The predicted molar refractivity (Wildman–Crippen MR) is 81.8 cm³/mol. The first-order valence-corrected chi connectivity index (χ1v) is 7.48. The molecule has 6 aliphatic rings. The molecule has 0 radical (unpaired) electrons. The topological polar surface area (TPSA) is 0 Å². The summed E-state index contributed by atoms with van der Waals surface area (Å²) in [6.45, 7) is 0. The van der Waals surface area contributed by atoms with Gasteiger partial charge in [-0.2, -0.15) is 0 Å². The molecule has 0 heterocycles. The third-order valence-electron chi connectivity index (χ3n) is 5.21. The van der Waals surface area contributed by atoms with E-state index in [1.165, 1.54) is 0 Å². The Morgan fingerprint density at radius 3 is 1.05 bits per heavy atom. The van der Waals surface area contributed by atoms with E-state index in [0.29, 0.717) is 23.7 Å². The molecule has 0 spiro atoms. The molecular formula is C20H16. The second-order valence-electron chi connectivity index (χ2n) is 6.14. The summed E-state index contributed by atoms with van der Waals surface area (Å²) >= 11 is 0. The van der Waals surface area contributed by atoms with Gasteiger partial charge < -0.3 is 0 Å². The summed E-state index contributed by atoms with van der Waals surface area (Å²) in [7, 11) is 0. The predicted octanol–water partition coefficient (Wildman–Crippen LogP) is 4.64. The highest BCUT2D eigenvalue weighted by molar-refractivity contribution is 5.57. The highest BCUT2D eigenvalue weighted by atomic mass is 14.4. The maximum atomic E-state index is 2.42. The second-order valence-corrected chi connectivity index (χ2v) is 6.14. The van der Waals surface area contributed by atoms with Crippen LogP contribution >= 0.6 is 0 Å². The fraction of sp³-hybridized carbons (Fsp3) is 0.200. The number of hydrogen-bond donors (Lipinski definition) is 0. The summed E-state index contributed by atoms with van der Waals surface area (Å²) in [4.78, 5) is 0. The van der Waals surface area contributed by atoms with Crippen molar-refractivity contribution in [2.75, 3.05) is 0 Å². The fourth-order valence-corrected chi connectivity index (χ4v) is 4.41. The van der Waals surface area contributed by atoms with Crippen molar-refractivity contribution in [3.05, 3.63) is 95.1 Å². The molecule has 0 N–H and O–H groups in total. The summed E-state index contributed by atoms with van der Waals surface area (Å²) in [5.41, 5.74) is 6.17. The zero-order valence-electron chi connectivity index (χ0n) is 11.2. The van der Waals surface area contributed by atoms with Crippen molar-refractivity contribution < 1.29 is 0 Å². The van der Waals surface area contributed by atoms with Gasteiger partial charge in [0.15, 0.2) is 0 Å². The van der Waals surface area contributed by atoms with Crippen LogP contribution in [0.5, 0.6) is 0 Å². The molecule has 4 bridgehead atoms. The molecule has 0 fully saturated rings. The quantitative estimate of drug-likeness (QED) is 0.603. The monoisotopic (exact) mass is 256 g/mol. The van der Waals surface area contributed by atoms with Gasteiger partial charge in [-0.1, -0.05) is 72.8 Å². The van der Waals surface area contributed by atoms with Crippen LogP contribution in [0, 0.1) is 11.8 Å². The van der Waals surface area contributed by atoms with E-state index in [4.69, 9.17) is 0 Å². The van der Waals surface area contributed by atoms with Crippen LogP contribution in [0.25, 0.3) is 0 Å². The molecule has 8 rings (SSSR count). The first-order valence-electron chi connectivity index (χ1n) is 7.48. The summed E-state index contributed by atoms with van der Waals surface area (Å²) < 4.78 is 0. The van der Waals surface area contributed by atoms with E-state index in [2.05, 4.69) is 72.8 Å². The van der Waals surface area contributed by atoms with Crippen LogP contribution in [0.1, 0.15) is 34.1 Å². The molecule has 0 atom stereocenters. The van der Waals surface area contributed by atoms with Gasteiger partial charge in [0, 0.05) is 23.7 Å². The van der Waals surface area contributed by atoms with Gasteiger partial charge in [-0.25, -0.2) is 0 Å². The van der Waals surface area contributed by atoms with Crippen LogP contribution in [0.4, 0.5) is 0 Å². The van der Waals surface area contributed by atoms with E-state index >= 15 is 0 Å². The zero-order chi connectivity index (χ0) is 13.1. The number of rotatable bonds is 0. The second kappa shape index (κ2) is 3.73. The van der Waals surface area contributed by atoms with Gasteiger partial charge >= 0.3 is 0 Å². The molecule has 0 heteroatoms. The van der Waals surface area contributed by atoms with Crippen molar-refractivity contribution in [3.8, 4) is 0 Å². The molecule has 2 aromatic carbocycles. The van der Waals surface area contributed by atoms with Crippen molar-refractivity contribution >= 4 is 0 Å². The van der Waals surface area contributed by atoms with Crippen molar-refractivity contribution in [2.24, 2.45) is 11.8 Å². The van der Waals surface area contributed by atoms with E-state index in [9.17, 15) is 0 Å². The molecule has 0 aliphatic heterocycles. The average Bonchev–Trinajstić information content (AvgIpc) is 2.49. The van der Waals surface area contributed by atoms with Crippen LogP contribution in [0.15, 0.2) is 72.8 Å². The highest BCUT2D eigenvalue weighted by Gasteiger charge is 2.40. The summed E-state index contributed by atoms with van der Waals surface area (Å²) in [5, 5.41) is 0. The highest BCUT2D eigenvalue weighted by Crippen LogP contribution is 2.53. The van der Waals surface area contributed by atoms with E-state index in [1.807, 2.05) is 0 Å². The van der Waals surface area contributed by atoms with E-state index < -0.39 is 0 Å². The summed E-state index contributed by atoms with van der Waals surface area (Å²) in [6, 6.07) is 18.1. The molecule has 0 saturated heterocycles. The van der Waals surface area contributed by atoms with Gasteiger partial charge in [0.25, 0.3) is 0 Å². The van der Waals surface area contributed by atoms with Crippen molar-refractivity contribution in [1.82, 2.24) is 0 Å². The van der Waals surface area contributed by atoms with Gasteiger partial charge in [0.2, 0.25) is 0 Å². The smallest absolute Gasteiger partial charge is 0.0193 e. The molecule has 96 valence electrons. The SMILES string of the molecule is C1=CC2C=CC1C1c3ccccc3C2c2ccccc21. The lowest BCUT2D eigenvalue weighted by Crippen LogP contribution is -2.30. The van der Waals surface area contributed by atoms with Crippen molar-refractivity contribution in [3.63, 3.8) is 0 Å². The first kappa shape index (κ1) is 10.7. The lowest BCUT2D eigenvalue weighted by atomic mass is 9.61. The van der Waals surface area contributed by atoms with Crippen LogP contribution in [0.2, 0.25) is 0 Å². The lowest BCUT2D eigenvalue weighted by molar-refractivity contribution is 0.538. The maximum Gasteiger partial charge on any atom is 0.0193 e. The average molecular weight is 256 g/mol. The summed E-state index contributed by atoms with van der Waals surface area (Å²) in [6.07, 6.45) is 9.70. The van der Waals surface area contributed by atoms with Crippen LogP contribution in [-0.4, -0.2) is 0 Å². The summed E-state index contributed by atoms with van der Waals surface area (Å²) in [5.74, 6) is 2.00. The van der Waals surface area contributed by atoms with Gasteiger partial charge in [-0.15, -0.1) is 0 Å². The van der Waals surface area contributed by atoms with Gasteiger partial charge in [-0.3, -0.25) is 0 Å². The molecule has 0 unspecified atom stereocenters. The Hall–Kier alpha value is -2.08. The van der Waals surface area contributed by atoms with Crippen LogP contribution < -0.4 is 0 Å². The minimum Gasteiger partial charge on any atom is -0.0801 e. The minimum absolute atomic E-state index is 0.493. The molecule has 2 aromatic rings. The third kappa shape index (κ3) is 1.22. The van der Waals surface area contributed by atoms with Gasteiger partial charge in [0.1, 0.15) is 0 Å². The van der Waals surface area contributed by atoms with Crippen LogP contribution in [0.3, 0.4) is 0 Å². The lowest BCUT2D eigenvalue weighted by Gasteiger charge is -2.43. The standard InChI is InChI=1S/C20H16/c1-2-6-16-15(5-1)19-13-9-11-14(12-10-13)20(16)18-8-4-3-7-17(18)19/h1-14,19-20H. The first-order chi connectivity index (χ1) is 9.93. The largest absolute Gasteiger partial charge is 0.0801 e. The molecule has 20 heavy (non-hydrogen) atoms. The number of hydrogen-bond acceptors (Lipinski definition) is 0. The molecular weight excluding hydrogens is 240 g/mol. The number of allylic oxidation sites excluding steroid dienone is 4. The van der Waals surface area contributed by atoms with Crippen LogP contribution in [-0.2, 0) is 0 Å². The Labute approximate surface area is 119 Å². The van der Waals surface area contributed by atoms with Gasteiger partial charge in [-0.05, 0) is 22.3 Å². The molecule has 0 amide bonds. The zero-order valence-corrected chi connectivity index (χ0v) is 11.2. The Bertz CT molecular complexity index is 627. The van der Waals surface area contributed by atoms with Crippen molar-refractivity contribution in [1.29, 1.82) is 0 Å². The van der Waals surface area contributed by atoms with Crippen molar-refractivity contribution in [2.45, 2.75) is 11.8 Å². The van der Waals surface area contributed by atoms with E-state index in [1.54, 1.807) is 22.3 Å². The Morgan fingerprint density at radius 2 is 0.750 bits per heavy atom. The van der Waals surface area contributed by atoms with E-state index in [0.717, 1.165) is 0 Å². The number of benzene rings is 2. The molecule has 0 saturated carbocycles. The third-order valence-corrected chi connectivity index (χ3v) is 5.21. The minimum atomic E-state index is 0.493. The van der Waals surface area contributed by atoms with Gasteiger partial charge in [0.05, 0.1) is 0 Å². The maximum absolute atomic E-state index is 2.42. The Morgan fingerprint density at radius 1 is 0.450 bits per heavy atom. The Kier molecular flexibility index (Phi) is 1.99. The molecule has 0 aromatic heterocycles. The fourth-order valence-electron chi connectivity index (χ4n) is 4.41. The molecule has 6 aliphatic carbocycles. The molecule has 0 nitrogen and oxygen atoms in total.